The predicted molar refractivity (Wildman–Crippen MR) is 77.9 cm³/mol. The number of carbonyl (C=O) groups excluding carboxylic acids is 1. The van der Waals surface area contributed by atoms with Crippen LogP contribution in [-0.2, 0) is 6.54 Å². The first-order valence-corrected chi connectivity index (χ1v) is 6.76. The van der Waals surface area contributed by atoms with Crippen molar-refractivity contribution < 1.29 is 9.53 Å². The summed E-state index contributed by atoms with van der Waals surface area (Å²) >= 11 is 0. The molecule has 1 aromatic heterocycles. The molecule has 0 saturated heterocycles. The number of hydrogen-bond donors (Lipinski definition) is 3. The molecule has 21 heavy (non-hydrogen) atoms. The normalized spacial score (nSPS) is 10.4. The lowest BCUT2D eigenvalue weighted by atomic mass is 10.1. The maximum atomic E-state index is 12.2. The number of aromatic nitrogens is 3. The average Bonchev–Trinajstić information content (AvgIpc) is 2.98. The highest BCUT2D eigenvalue weighted by Crippen LogP contribution is 2.20. The van der Waals surface area contributed by atoms with Gasteiger partial charge in [0.2, 0.25) is 0 Å². The number of nitrogens with two attached hydrogens (primary N) is 1. The summed E-state index contributed by atoms with van der Waals surface area (Å²) in [6.07, 6.45) is 2.14. The lowest BCUT2D eigenvalue weighted by molar-refractivity contribution is 0.0946. The number of rotatable bonds is 7. The zero-order chi connectivity index (χ0) is 15.1. The lowest BCUT2D eigenvalue weighted by Crippen LogP contribution is -2.24. The van der Waals surface area contributed by atoms with Gasteiger partial charge in [-0.1, -0.05) is 6.07 Å². The average molecular weight is 289 g/mol. The molecule has 1 aromatic carbocycles. The first kappa shape index (κ1) is 15.0. The summed E-state index contributed by atoms with van der Waals surface area (Å²) in [4.78, 5) is 16.2. The summed E-state index contributed by atoms with van der Waals surface area (Å²) in [6, 6.07) is 5.47. The molecule has 0 bridgehead atoms. The third-order valence-electron chi connectivity index (χ3n) is 2.87. The molecule has 7 nitrogen and oxygen atoms in total. The van der Waals surface area contributed by atoms with E-state index < -0.39 is 0 Å². The molecule has 0 aliphatic heterocycles. The molecule has 0 unspecified atom stereocenters. The number of aromatic amines is 1. The minimum atomic E-state index is -0.214. The van der Waals surface area contributed by atoms with Gasteiger partial charge < -0.3 is 15.8 Å². The third kappa shape index (κ3) is 4.28. The third-order valence-corrected chi connectivity index (χ3v) is 2.87. The minimum absolute atomic E-state index is 0.214. The number of nitrogens with zero attached hydrogens (tertiary/aromatic N) is 2. The van der Waals surface area contributed by atoms with E-state index in [1.165, 1.54) is 6.33 Å². The van der Waals surface area contributed by atoms with Crippen LogP contribution in [0.15, 0.2) is 24.5 Å². The van der Waals surface area contributed by atoms with E-state index in [4.69, 9.17) is 10.5 Å². The maximum Gasteiger partial charge on any atom is 0.255 e. The summed E-state index contributed by atoms with van der Waals surface area (Å²) < 4.78 is 5.64. The fourth-order valence-electron chi connectivity index (χ4n) is 1.78. The SMILES string of the molecule is Cc1ccc(C(=O)NCc2ncn[nH]2)c(OCCCN)c1. The second kappa shape index (κ2) is 7.39. The van der Waals surface area contributed by atoms with Gasteiger partial charge in [0.05, 0.1) is 18.7 Å². The largest absolute Gasteiger partial charge is 0.493 e. The fraction of sp³-hybridized carbons (Fsp3) is 0.357. The summed E-state index contributed by atoms with van der Waals surface area (Å²) in [5.74, 6) is 0.953. The Morgan fingerprint density at radius 3 is 3.05 bits per heavy atom. The molecule has 0 aliphatic rings. The summed E-state index contributed by atoms with van der Waals surface area (Å²) in [6.45, 7) is 3.28. The van der Waals surface area contributed by atoms with Crippen molar-refractivity contribution in [1.29, 1.82) is 0 Å². The Bertz CT molecular complexity index is 583. The smallest absolute Gasteiger partial charge is 0.255 e. The summed E-state index contributed by atoms with van der Waals surface area (Å²) in [5.41, 5.74) is 6.98. The minimum Gasteiger partial charge on any atom is -0.493 e. The van der Waals surface area contributed by atoms with Crippen molar-refractivity contribution in [1.82, 2.24) is 20.5 Å². The van der Waals surface area contributed by atoms with Crippen molar-refractivity contribution in [2.75, 3.05) is 13.2 Å². The van der Waals surface area contributed by atoms with Crippen molar-refractivity contribution in [2.24, 2.45) is 5.73 Å². The van der Waals surface area contributed by atoms with Gasteiger partial charge in [-0.05, 0) is 37.6 Å². The van der Waals surface area contributed by atoms with Crippen molar-refractivity contribution in [3.63, 3.8) is 0 Å². The van der Waals surface area contributed by atoms with E-state index in [9.17, 15) is 4.79 Å². The molecule has 0 radical (unpaired) electrons. The molecule has 0 atom stereocenters. The van der Waals surface area contributed by atoms with Gasteiger partial charge in [0.25, 0.3) is 5.91 Å². The Balaban J connectivity index is 2.04. The van der Waals surface area contributed by atoms with Crippen LogP contribution >= 0.6 is 0 Å². The van der Waals surface area contributed by atoms with Gasteiger partial charge in [0.1, 0.15) is 17.9 Å². The number of carbonyl (C=O) groups is 1. The number of hydrogen-bond acceptors (Lipinski definition) is 5. The van der Waals surface area contributed by atoms with Gasteiger partial charge in [0.15, 0.2) is 0 Å². The molecule has 0 saturated carbocycles. The van der Waals surface area contributed by atoms with E-state index in [-0.39, 0.29) is 12.5 Å². The molecule has 7 heteroatoms. The van der Waals surface area contributed by atoms with Gasteiger partial charge in [-0.3, -0.25) is 9.89 Å². The molecule has 4 N–H and O–H groups in total. The van der Waals surface area contributed by atoms with Crippen molar-refractivity contribution in [3.05, 3.63) is 41.5 Å². The summed E-state index contributed by atoms with van der Waals surface area (Å²) in [7, 11) is 0. The van der Waals surface area contributed by atoms with Crippen LogP contribution in [0, 0.1) is 6.92 Å². The molecule has 0 aliphatic carbocycles. The Kier molecular flexibility index (Phi) is 5.28. The quantitative estimate of drug-likeness (QED) is 0.653. The number of amides is 1. The molecule has 1 amide bonds. The van der Waals surface area contributed by atoms with E-state index in [0.717, 1.165) is 12.0 Å². The molecular formula is C14H19N5O2. The molecular weight excluding hydrogens is 270 g/mol. The highest BCUT2D eigenvalue weighted by atomic mass is 16.5. The second-order valence-corrected chi connectivity index (χ2v) is 4.61. The topological polar surface area (TPSA) is 106 Å². The second-order valence-electron chi connectivity index (χ2n) is 4.61. The van der Waals surface area contributed by atoms with Crippen LogP contribution in [0.4, 0.5) is 0 Å². The van der Waals surface area contributed by atoms with E-state index in [0.29, 0.717) is 30.3 Å². The highest BCUT2D eigenvalue weighted by Gasteiger charge is 2.13. The predicted octanol–water partition coefficient (Wildman–Crippen LogP) is 0.771. The van der Waals surface area contributed by atoms with E-state index >= 15 is 0 Å². The zero-order valence-corrected chi connectivity index (χ0v) is 11.9. The Morgan fingerprint density at radius 2 is 2.33 bits per heavy atom. The van der Waals surface area contributed by atoms with E-state index in [1.54, 1.807) is 6.07 Å². The van der Waals surface area contributed by atoms with Crippen LogP contribution in [0.25, 0.3) is 0 Å². The van der Waals surface area contributed by atoms with Crippen LogP contribution in [0.5, 0.6) is 5.75 Å². The zero-order valence-electron chi connectivity index (χ0n) is 11.9. The first-order valence-electron chi connectivity index (χ1n) is 6.76. The van der Waals surface area contributed by atoms with E-state index in [2.05, 4.69) is 20.5 Å². The molecule has 112 valence electrons. The highest BCUT2D eigenvalue weighted by molar-refractivity contribution is 5.96. The molecule has 1 heterocycles. The first-order chi connectivity index (χ1) is 10.2. The number of benzene rings is 1. The van der Waals surface area contributed by atoms with Crippen molar-refractivity contribution in [3.8, 4) is 5.75 Å². The van der Waals surface area contributed by atoms with Gasteiger partial charge in [-0.2, -0.15) is 5.10 Å². The molecule has 2 rings (SSSR count). The van der Waals surface area contributed by atoms with Gasteiger partial charge >= 0.3 is 0 Å². The lowest BCUT2D eigenvalue weighted by Gasteiger charge is -2.12. The van der Waals surface area contributed by atoms with E-state index in [1.807, 2.05) is 19.1 Å². The van der Waals surface area contributed by atoms with Crippen molar-refractivity contribution >= 4 is 5.91 Å². The Hall–Kier alpha value is -2.41. The number of nitrogens with one attached hydrogen (secondary N) is 2. The van der Waals surface area contributed by atoms with Crippen molar-refractivity contribution in [2.45, 2.75) is 19.9 Å². The maximum absolute atomic E-state index is 12.2. The Morgan fingerprint density at radius 1 is 1.48 bits per heavy atom. The Labute approximate surface area is 122 Å². The molecule has 0 spiro atoms. The monoisotopic (exact) mass is 289 g/mol. The number of H-pyrrole nitrogens is 1. The molecule has 0 fully saturated rings. The standard InChI is InChI=1S/C14H19N5O2/c1-10-3-4-11(12(7-10)21-6-2-5-15)14(20)16-8-13-17-9-18-19-13/h3-4,7,9H,2,5-6,8,15H2,1H3,(H,16,20)(H,17,18,19). The fourth-order valence-corrected chi connectivity index (χ4v) is 1.78. The van der Waals surface area contributed by atoms with Crippen LogP contribution in [0.2, 0.25) is 0 Å². The number of aryl methyl sites for hydroxylation is 1. The van der Waals surface area contributed by atoms with Gasteiger partial charge in [-0.25, -0.2) is 4.98 Å². The molecule has 2 aromatic rings. The number of ether oxygens (including phenoxy) is 1. The summed E-state index contributed by atoms with van der Waals surface area (Å²) in [5, 5.41) is 9.19. The van der Waals surface area contributed by atoms with Gasteiger partial charge in [0, 0.05) is 0 Å². The van der Waals surface area contributed by atoms with Gasteiger partial charge in [-0.15, -0.1) is 0 Å². The van der Waals surface area contributed by atoms with Crippen LogP contribution in [-0.4, -0.2) is 34.2 Å². The van der Waals surface area contributed by atoms with Crippen LogP contribution in [0.1, 0.15) is 28.2 Å². The van der Waals surface area contributed by atoms with Crippen LogP contribution in [0.3, 0.4) is 0 Å². The van der Waals surface area contributed by atoms with Crippen LogP contribution < -0.4 is 15.8 Å².